The summed E-state index contributed by atoms with van der Waals surface area (Å²) < 4.78 is 5.15. The Hall–Kier alpha value is -2.60. The molecule has 1 heterocycles. The zero-order valence-corrected chi connectivity index (χ0v) is 15.6. The van der Waals surface area contributed by atoms with Gasteiger partial charge in [-0.25, -0.2) is 0 Å². The summed E-state index contributed by atoms with van der Waals surface area (Å²) in [6.45, 7) is 2.12. The summed E-state index contributed by atoms with van der Waals surface area (Å²) in [6.07, 6.45) is 1.59. The number of amides is 1. The highest BCUT2D eigenvalue weighted by Gasteiger charge is 2.21. The Labute approximate surface area is 159 Å². The summed E-state index contributed by atoms with van der Waals surface area (Å²) in [5.41, 5.74) is 3.22. The fourth-order valence-electron chi connectivity index (χ4n) is 2.89. The molecule has 0 atom stereocenters. The largest absolute Gasteiger partial charge is 0.497 e. The molecule has 0 radical (unpaired) electrons. The van der Waals surface area contributed by atoms with Gasteiger partial charge in [-0.3, -0.25) is 4.79 Å². The fourth-order valence-corrected chi connectivity index (χ4v) is 3.03. The topological polar surface area (TPSA) is 53.6 Å². The van der Waals surface area contributed by atoms with Gasteiger partial charge >= 0.3 is 0 Å². The molecule has 1 fully saturated rings. The number of rotatable bonds is 6. The highest BCUT2D eigenvalue weighted by atomic mass is 32.1. The number of thiocarbonyl (C=S) groups is 1. The number of nitrogens with zero attached hydrogens (tertiary/aromatic N) is 1. The predicted octanol–water partition coefficient (Wildman–Crippen LogP) is 2.99. The minimum Gasteiger partial charge on any atom is -0.497 e. The molecular weight excluding hydrogens is 346 g/mol. The first-order valence-electron chi connectivity index (χ1n) is 8.69. The minimum absolute atomic E-state index is 0.208. The van der Waals surface area contributed by atoms with Gasteiger partial charge in [0.05, 0.1) is 7.11 Å². The maximum Gasteiger partial charge on any atom is 0.227 e. The molecule has 26 heavy (non-hydrogen) atoms. The Bertz CT molecular complexity index is 760. The SMILES string of the molecule is COc1ccc(CNC(=S)NCc2ccc(N3CCCC3=O)cc2)cc1. The minimum atomic E-state index is 0.208. The molecule has 0 aromatic heterocycles. The van der Waals surface area contributed by atoms with E-state index in [0.29, 0.717) is 24.6 Å². The number of anilines is 1. The monoisotopic (exact) mass is 369 g/mol. The average molecular weight is 369 g/mol. The van der Waals surface area contributed by atoms with Crippen molar-refractivity contribution < 1.29 is 9.53 Å². The molecule has 3 rings (SSSR count). The Morgan fingerprint density at radius 2 is 1.62 bits per heavy atom. The first-order chi connectivity index (χ1) is 12.7. The van der Waals surface area contributed by atoms with E-state index in [1.807, 2.05) is 53.4 Å². The summed E-state index contributed by atoms with van der Waals surface area (Å²) in [6, 6.07) is 15.9. The number of hydrogen-bond acceptors (Lipinski definition) is 3. The van der Waals surface area contributed by atoms with Gasteiger partial charge in [0.1, 0.15) is 5.75 Å². The Balaban J connectivity index is 1.44. The summed E-state index contributed by atoms with van der Waals surface area (Å²) in [5.74, 6) is 1.05. The molecule has 1 aliphatic heterocycles. The summed E-state index contributed by atoms with van der Waals surface area (Å²) in [5, 5.41) is 7.01. The molecule has 5 nitrogen and oxygen atoms in total. The van der Waals surface area contributed by atoms with Crippen LogP contribution in [0.4, 0.5) is 5.69 Å². The fraction of sp³-hybridized carbons (Fsp3) is 0.300. The van der Waals surface area contributed by atoms with Crippen LogP contribution in [0.5, 0.6) is 5.75 Å². The summed E-state index contributed by atoms with van der Waals surface area (Å²) >= 11 is 5.33. The molecule has 1 aliphatic rings. The van der Waals surface area contributed by atoms with Crippen LogP contribution in [0.25, 0.3) is 0 Å². The van der Waals surface area contributed by atoms with Gasteiger partial charge < -0.3 is 20.3 Å². The summed E-state index contributed by atoms with van der Waals surface area (Å²) in [7, 11) is 1.65. The number of carbonyl (C=O) groups is 1. The van der Waals surface area contributed by atoms with E-state index in [0.717, 1.165) is 35.5 Å². The number of methoxy groups -OCH3 is 1. The van der Waals surface area contributed by atoms with Crippen LogP contribution in [0.3, 0.4) is 0 Å². The van der Waals surface area contributed by atoms with Crippen LogP contribution < -0.4 is 20.3 Å². The van der Waals surface area contributed by atoms with Crippen LogP contribution in [-0.4, -0.2) is 24.7 Å². The van der Waals surface area contributed by atoms with Crippen molar-refractivity contribution in [3.63, 3.8) is 0 Å². The number of nitrogens with one attached hydrogen (secondary N) is 2. The highest BCUT2D eigenvalue weighted by molar-refractivity contribution is 7.80. The lowest BCUT2D eigenvalue weighted by Crippen LogP contribution is -2.34. The molecule has 1 amide bonds. The van der Waals surface area contributed by atoms with E-state index in [1.54, 1.807) is 7.11 Å². The zero-order valence-electron chi connectivity index (χ0n) is 14.8. The van der Waals surface area contributed by atoms with Crippen LogP contribution in [0.1, 0.15) is 24.0 Å². The van der Waals surface area contributed by atoms with Gasteiger partial charge in [0.2, 0.25) is 5.91 Å². The maximum atomic E-state index is 11.8. The Morgan fingerprint density at radius 1 is 1.04 bits per heavy atom. The molecule has 0 saturated carbocycles. The van der Waals surface area contributed by atoms with E-state index in [1.165, 1.54) is 0 Å². The Morgan fingerprint density at radius 3 is 2.12 bits per heavy atom. The third-order valence-electron chi connectivity index (χ3n) is 4.39. The number of ether oxygens (including phenoxy) is 1. The molecule has 0 spiro atoms. The van der Waals surface area contributed by atoms with Crippen molar-refractivity contribution >= 4 is 28.9 Å². The van der Waals surface area contributed by atoms with Gasteiger partial charge in [0.25, 0.3) is 0 Å². The van der Waals surface area contributed by atoms with Crippen molar-refractivity contribution in [2.75, 3.05) is 18.6 Å². The van der Waals surface area contributed by atoms with E-state index in [4.69, 9.17) is 17.0 Å². The van der Waals surface area contributed by atoms with Crippen molar-refractivity contribution in [2.24, 2.45) is 0 Å². The number of hydrogen-bond donors (Lipinski definition) is 2. The van der Waals surface area contributed by atoms with Gasteiger partial charge in [-0.05, 0) is 54.0 Å². The molecular formula is C20H23N3O2S. The molecule has 2 aromatic carbocycles. The normalized spacial score (nSPS) is 13.6. The molecule has 136 valence electrons. The van der Waals surface area contributed by atoms with Gasteiger partial charge in [-0.15, -0.1) is 0 Å². The molecule has 6 heteroatoms. The van der Waals surface area contributed by atoms with Crippen LogP contribution in [0.2, 0.25) is 0 Å². The van der Waals surface area contributed by atoms with E-state index in [-0.39, 0.29) is 5.91 Å². The molecule has 1 saturated heterocycles. The quantitative estimate of drug-likeness (QED) is 0.767. The molecule has 2 aromatic rings. The lowest BCUT2D eigenvalue weighted by atomic mass is 10.2. The number of benzene rings is 2. The van der Waals surface area contributed by atoms with Crippen molar-refractivity contribution in [2.45, 2.75) is 25.9 Å². The van der Waals surface area contributed by atoms with Crippen molar-refractivity contribution in [1.82, 2.24) is 10.6 Å². The highest BCUT2D eigenvalue weighted by Crippen LogP contribution is 2.21. The lowest BCUT2D eigenvalue weighted by molar-refractivity contribution is -0.117. The van der Waals surface area contributed by atoms with Crippen molar-refractivity contribution in [3.8, 4) is 5.75 Å². The first kappa shape index (κ1) is 18.2. The smallest absolute Gasteiger partial charge is 0.227 e. The second-order valence-corrected chi connectivity index (χ2v) is 6.61. The van der Waals surface area contributed by atoms with Gasteiger partial charge in [-0.1, -0.05) is 24.3 Å². The van der Waals surface area contributed by atoms with E-state index in [2.05, 4.69) is 10.6 Å². The maximum absolute atomic E-state index is 11.8. The van der Waals surface area contributed by atoms with Crippen LogP contribution in [0, 0.1) is 0 Å². The second-order valence-electron chi connectivity index (χ2n) is 6.20. The van der Waals surface area contributed by atoms with E-state index >= 15 is 0 Å². The third-order valence-corrected chi connectivity index (χ3v) is 4.68. The molecule has 0 aliphatic carbocycles. The predicted molar refractivity (Wildman–Crippen MR) is 107 cm³/mol. The first-order valence-corrected chi connectivity index (χ1v) is 9.10. The average Bonchev–Trinajstić information content (AvgIpc) is 3.11. The lowest BCUT2D eigenvalue weighted by Gasteiger charge is -2.16. The van der Waals surface area contributed by atoms with Crippen molar-refractivity contribution in [3.05, 3.63) is 59.7 Å². The van der Waals surface area contributed by atoms with E-state index < -0.39 is 0 Å². The second kappa shape index (κ2) is 8.67. The zero-order chi connectivity index (χ0) is 18.4. The molecule has 0 unspecified atom stereocenters. The van der Waals surface area contributed by atoms with Crippen molar-refractivity contribution in [1.29, 1.82) is 0 Å². The Kier molecular flexibility index (Phi) is 6.07. The molecule has 0 bridgehead atoms. The van der Waals surface area contributed by atoms with Gasteiger partial charge in [-0.2, -0.15) is 0 Å². The molecule has 2 N–H and O–H groups in total. The van der Waals surface area contributed by atoms with Crippen LogP contribution in [-0.2, 0) is 17.9 Å². The number of carbonyl (C=O) groups excluding carboxylic acids is 1. The third kappa shape index (κ3) is 4.73. The summed E-state index contributed by atoms with van der Waals surface area (Å²) in [4.78, 5) is 13.6. The standard InChI is InChI=1S/C20H23N3O2S/c1-25-18-10-6-16(7-11-18)14-22-20(26)21-13-15-4-8-17(9-5-15)23-12-2-3-19(23)24/h4-11H,2-3,12-14H2,1H3,(H2,21,22,26). The van der Waals surface area contributed by atoms with Crippen LogP contribution >= 0.6 is 12.2 Å². The van der Waals surface area contributed by atoms with Gasteiger partial charge in [0.15, 0.2) is 5.11 Å². The van der Waals surface area contributed by atoms with E-state index in [9.17, 15) is 4.79 Å². The van der Waals surface area contributed by atoms with Gasteiger partial charge in [0, 0.05) is 31.7 Å². The van der Waals surface area contributed by atoms with Crippen LogP contribution in [0.15, 0.2) is 48.5 Å².